The van der Waals surface area contributed by atoms with Crippen LogP contribution < -0.4 is 0 Å². The van der Waals surface area contributed by atoms with Crippen LogP contribution in [-0.2, 0) is 9.53 Å². The summed E-state index contributed by atoms with van der Waals surface area (Å²) in [5.41, 5.74) is 0. The molecule has 0 spiro atoms. The van der Waals surface area contributed by atoms with Gasteiger partial charge < -0.3 is 9.64 Å². The summed E-state index contributed by atoms with van der Waals surface area (Å²) >= 11 is 0. The van der Waals surface area contributed by atoms with Crippen LogP contribution in [0.4, 0.5) is 0 Å². The Morgan fingerprint density at radius 2 is 1.65 bits per heavy atom. The molecule has 0 aromatic carbocycles. The van der Waals surface area contributed by atoms with Gasteiger partial charge in [0.15, 0.2) is 0 Å². The first-order chi connectivity index (χ1) is 9.45. The number of methoxy groups -OCH3 is 1. The minimum Gasteiger partial charge on any atom is -0.375 e. The third kappa shape index (κ3) is 5.38. The molecule has 0 aromatic rings. The van der Waals surface area contributed by atoms with Crippen LogP contribution in [0.15, 0.2) is 0 Å². The molecule has 0 bridgehead atoms. The summed E-state index contributed by atoms with van der Waals surface area (Å²) in [6.45, 7) is 15.0. The molecule has 0 aromatic heterocycles. The molecule has 0 N–H and O–H groups in total. The highest BCUT2D eigenvalue weighted by atomic mass is 16.5. The zero-order valence-electron chi connectivity index (χ0n) is 13.8. The van der Waals surface area contributed by atoms with Crippen molar-refractivity contribution >= 4 is 5.91 Å². The second-order valence-corrected chi connectivity index (χ2v) is 6.08. The second-order valence-electron chi connectivity index (χ2n) is 6.08. The standard InChI is InChI=1S/C15H31N3O2/c1-13(2)18(14(3)4)11-8-16-6-9-17(10-7-16)15(19)12-20-5/h13-14H,6-12H2,1-5H3. The van der Waals surface area contributed by atoms with E-state index >= 15 is 0 Å². The minimum absolute atomic E-state index is 0.109. The molecule has 1 saturated heterocycles. The van der Waals surface area contributed by atoms with Gasteiger partial charge in [-0.25, -0.2) is 0 Å². The molecule has 5 heteroatoms. The Kier molecular flexibility index (Phi) is 7.48. The lowest BCUT2D eigenvalue weighted by Gasteiger charge is -2.37. The molecule has 0 radical (unpaired) electrons. The van der Waals surface area contributed by atoms with E-state index < -0.39 is 0 Å². The molecule has 0 unspecified atom stereocenters. The van der Waals surface area contributed by atoms with E-state index in [2.05, 4.69) is 37.5 Å². The number of rotatable bonds is 7. The molecule has 0 atom stereocenters. The summed E-state index contributed by atoms with van der Waals surface area (Å²) in [5, 5.41) is 0. The van der Waals surface area contributed by atoms with Crippen LogP contribution in [-0.4, -0.2) is 85.7 Å². The van der Waals surface area contributed by atoms with Crippen molar-refractivity contribution in [3.8, 4) is 0 Å². The van der Waals surface area contributed by atoms with E-state index in [0.29, 0.717) is 12.1 Å². The SMILES string of the molecule is COCC(=O)N1CCN(CCN(C(C)C)C(C)C)CC1. The summed E-state index contributed by atoms with van der Waals surface area (Å²) in [6.07, 6.45) is 0. The van der Waals surface area contributed by atoms with Crippen molar-refractivity contribution in [3.63, 3.8) is 0 Å². The average molecular weight is 285 g/mol. The van der Waals surface area contributed by atoms with E-state index in [0.717, 1.165) is 39.3 Å². The molecule has 1 aliphatic heterocycles. The predicted molar refractivity (Wildman–Crippen MR) is 81.9 cm³/mol. The smallest absolute Gasteiger partial charge is 0.248 e. The molecular weight excluding hydrogens is 254 g/mol. The van der Waals surface area contributed by atoms with Crippen molar-refractivity contribution in [1.82, 2.24) is 14.7 Å². The van der Waals surface area contributed by atoms with Crippen molar-refractivity contribution in [1.29, 1.82) is 0 Å². The Labute approximate surface area is 123 Å². The first-order valence-electron chi connectivity index (χ1n) is 7.70. The van der Waals surface area contributed by atoms with Crippen LogP contribution in [0.2, 0.25) is 0 Å². The molecule has 0 saturated carbocycles. The van der Waals surface area contributed by atoms with E-state index in [-0.39, 0.29) is 12.5 Å². The lowest BCUT2D eigenvalue weighted by Crippen LogP contribution is -2.51. The molecule has 20 heavy (non-hydrogen) atoms. The fourth-order valence-corrected chi connectivity index (χ4v) is 2.81. The first kappa shape index (κ1) is 17.4. The maximum Gasteiger partial charge on any atom is 0.248 e. The zero-order valence-corrected chi connectivity index (χ0v) is 13.8. The van der Waals surface area contributed by atoms with Gasteiger partial charge in [0.2, 0.25) is 5.91 Å². The van der Waals surface area contributed by atoms with Crippen molar-refractivity contribution in [2.45, 2.75) is 39.8 Å². The monoisotopic (exact) mass is 285 g/mol. The quantitative estimate of drug-likeness (QED) is 0.696. The van der Waals surface area contributed by atoms with Gasteiger partial charge >= 0.3 is 0 Å². The molecule has 1 fully saturated rings. The maximum absolute atomic E-state index is 11.7. The first-order valence-corrected chi connectivity index (χ1v) is 7.70. The second kappa shape index (κ2) is 8.60. The maximum atomic E-state index is 11.7. The Morgan fingerprint density at radius 3 is 2.10 bits per heavy atom. The summed E-state index contributed by atoms with van der Waals surface area (Å²) in [5.74, 6) is 0.109. The Bertz CT molecular complexity index is 279. The highest BCUT2D eigenvalue weighted by Gasteiger charge is 2.21. The Morgan fingerprint density at radius 1 is 1.10 bits per heavy atom. The number of hydrogen-bond donors (Lipinski definition) is 0. The highest BCUT2D eigenvalue weighted by molar-refractivity contribution is 5.77. The number of hydrogen-bond acceptors (Lipinski definition) is 4. The molecule has 5 nitrogen and oxygen atoms in total. The molecular formula is C15H31N3O2. The summed E-state index contributed by atoms with van der Waals surface area (Å²) < 4.78 is 4.90. The van der Waals surface area contributed by atoms with Gasteiger partial charge in [0.25, 0.3) is 0 Å². The fourth-order valence-electron chi connectivity index (χ4n) is 2.81. The van der Waals surface area contributed by atoms with Gasteiger partial charge in [0, 0.05) is 58.5 Å². The highest BCUT2D eigenvalue weighted by Crippen LogP contribution is 2.07. The van der Waals surface area contributed by atoms with Gasteiger partial charge in [-0.1, -0.05) is 0 Å². The van der Waals surface area contributed by atoms with Gasteiger partial charge in [0.05, 0.1) is 0 Å². The van der Waals surface area contributed by atoms with Crippen molar-refractivity contribution in [2.24, 2.45) is 0 Å². The van der Waals surface area contributed by atoms with Gasteiger partial charge in [0.1, 0.15) is 6.61 Å². The zero-order chi connectivity index (χ0) is 15.1. The molecule has 1 amide bonds. The molecule has 118 valence electrons. The van der Waals surface area contributed by atoms with Crippen LogP contribution in [0.5, 0.6) is 0 Å². The average Bonchev–Trinajstić information content (AvgIpc) is 2.39. The van der Waals surface area contributed by atoms with E-state index in [1.807, 2.05) is 4.90 Å². The normalized spacial score (nSPS) is 17.5. The van der Waals surface area contributed by atoms with Crippen molar-refractivity contribution < 1.29 is 9.53 Å². The lowest BCUT2D eigenvalue weighted by atomic mass is 10.2. The van der Waals surface area contributed by atoms with Crippen LogP contribution in [0.3, 0.4) is 0 Å². The fraction of sp³-hybridized carbons (Fsp3) is 0.933. The number of carbonyl (C=O) groups excluding carboxylic acids is 1. The van der Waals surface area contributed by atoms with Crippen LogP contribution in [0.1, 0.15) is 27.7 Å². The summed E-state index contributed by atoms with van der Waals surface area (Å²) in [7, 11) is 1.57. The van der Waals surface area contributed by atoms with Gasteiger partial charge in [-0.2, -0.15) is 0 Å². The van der Waals surface area contributed by atoms with Gasteiger partial charge in [-0.05, 0) is 27.7 Å². The number of carbonyl (C=O) groups is 1. The summed E-state index contributed by atoms with van der Waals surface area (Å²) in [6, 6.07) is 1.17. The Hall–Kier alpha value is -0.650. The lowest BCUT2D eigenvalue weighted by molar-refractivity contribution is -0.136. The van der Waals surface area contributed by atoms with Gasteiger partial charge in [-0.3, -0.25) is 14.6 Å². The number of amides is 1. The molecule has 1 rings (SSSR count). The van der Waals surface area contributed by atoms with Gasteiger partial charge in [-0.15, -0.1) is 0 Å². The molecule has 1 heterocycles. The third-order valence-electron chi connectivity index (χ3n) is 3.99. The predicted octanol–water partition coefficient (Wildman–Crippen LogP) is 0.896. The van der Waals surface area contributed by atoms with Crippen LogP contribution >= 0.6 is 0 Å². The topological polar surface area (TPSA) is 36.0 Å². The number of piperazine rings is 1. The van der Waals surface area contributed by atoms with E-state index in [1.54, 1.807) is 7.11 Å². The van der Waals surface area contributed by atoms with Crippen LogP contribution in [0.25, 0.3) is 0 Å². The number of nitrogens with zero attached hydrogens (tertiary/aromatic N) is 3. The molecule has 1 aliphatic rings. The van der Waals surface area contributed by atoms with Crippen LogP contribution in [0, 0.1) is 0 Å². The molecule has 0 aliphatic carbocycles. The summed E-state index contributed by atoms with van der Waals surface area (Å²) in [4.78, 5) is 18.6. The van der Waals surface area contributed by atoms with E-state index in [9.17, 15) is 4.79 Å². The largest absolute Gasteiger partial charge is 0.375 e. The van der Waals surface area contributed by atoms with E-state index in [1.165, 1.54) is 0 Å². The minimum atomic E-state index is 0.109. The van der Waals surface area contributed by atoms with Crippen molar-refractivity contribution in [2.75, 3.05) is 53.0 Å². The van der Waals surface area contributed by atoms with E-state index in [4.69, 9.17) is 4.74 Å². The van der Waals surface area contributed by atoms with Crippen molar-refractivity contribution in [3.05, 3.63) is 0 Å². The Balaban J connectivity index is 2.30. The third-order valence-corrected chi connectivity index (χ3v) is 3.99. The number of ether oxygens (including phenoxy) is 1.